The van der Waals surface area contributed by atoms with Gasteiger partial charge < -0.3 is 10.1 Å². The molecule has 1 N–H and O–H groups in total. The van der Waals surface area contributed by atoms with Crippen molar-refractivity contribution < 1.29 is 4.74 Å². The molecule has 2 rings (SSSR count). The van der Waals surface area contributed by atoms with Crippen molar-refractivity contribution in [3.8, 4) is 0 Å². The van der Waals surface area contributed by atoms with Crippen LogP contribution in [0.3, 0.4) is 0 Å². The lowest BCUT2D eigenvalue weighted by Gasteiger charge is -2.17. The van der Waals surface area contributed by atoms with Crippen LogP contribution >= 0.6 is 0 Å². The van der Waals surface area contributed by atoms with Crippen LogP contribution in [-0.4, -0.2) is 18.8 Å². The molecule has 2 unspecified atom stereocenters. The lowest BCUT2D eigenvalue weighted by Crippen LogP contribution is -2.34. The highest BCUT2D eigenvalue weighted by Crippen LogP contribution is 2.15. The van der Waals surface area contributed by atoms with Gasteiger partial charge in [-0.05, 0) is 38.3 Å². The van der Waals surface area contributed by atoms with Gasteiger partial charge >= 0.3 is 0 Å². The highest BCUT2D eigenvalue weighted by Gasteiger charge is 2.23. The van der Waals surface area contributed by atoms with Crippen LogP contribution < -0.4 is 5.32 Å². The van der Waals surface area contributed by atoms with E-state index in [2.05, 4.69) is 44.3 Å². The molecule has 0 amide bonds. The monoisotopic (exact) mass is 219 g/mol. The maximum Gasteiger partial charge on any atom is 0.0700 e. The summed E-state index contributed by atoms with van der Waals surface area (Å²) in [4.78, 5) is 0. The van der Waals surface area contributed by atoms with E-state index in [1.54, 1.807) is 0 Å². The predicted molar refractivity (Wildman–Crippen MR) is 66.6 cm³/mol. The fraction of sp³-hybridized carbons (Fsp3) is 0.571. The summed E-state index contributed by atoms with van der Waals surface area (Å²) in [5.41, 5.74) is 4.10. The third-order valence-electron chi connectivity index (χ3n) is 3.44. The van der Waals surface area contributed by atoms with Crippen molar-refractivity contribution in [3.05, 3.63) is 34.9 Å². The van der Waals surface area contributed by atoms with E-state index in [0.717, 1.165) is 19.6 Å². The number of ether oxygens (including phenoxy) is 1. The fourth-order valence-electron chi connectivity index (χ4n) is 2.23. The molecule has 1 aliphatic rings. The molecule has 0 aliphatic carbocycles. The Kier molecular flexibility index (Phi) is 3.62. The minimum absolute atomic E-state index is 0.352. The molecule has 1 aromatic rings. The summed E-state index contributed by atoms with van der Waals surface area (Å²) in [7, 11) is 0. The van der Waals surface area contributed by atoms with Crippen molar-refractivity contribution in [2.75, 3.05) is 6.61 Å². The van der Waals surface area contributed by atoms with Gasteiger partial charge in [0.05, 0.1) is 6.10 Å². The van der Waals surface area contributed by atoms with E-state index < -0.39 is 0 Å². The summed E-state index contributed by atoms with van der Waals surface area (Å²) in [6.07, 6.45) is 1.48. The maximum absolute atomic E-state index is 5.55. The summed E-state index contributed by atoms with van der Waals surface area (Å²) >= 11 is 0. The van der Waals surface area contributed by atoms with Gasteiger partial charge in [0.2, 0.25) is 0 Å². The lowest BCUT2D eigenvalue weighted by molar-refractivity contribution is 0.113. The smallest absolute Gasteiger partial charge is 0.0700 e. The number of benzene rings is 1. The highest BCUT2D eigenvalue weighted by atomic mass is 16.5. The Hall–Kier alpha value is -0.860. The summed E-state index contributed by atoms with van der Waals surface area (Å²) in [6.45, 7) is 8.31. The van der Waals surface area contributed by atoms with Crippen LogP contribution in [0.25, 0.3) is 0 Å². The van der Waals surface area contributed by atoms with Crippen LogP contribution in [0.4, 0.5) is 0 Å². The lowest BCUT2D eigenvalue weighted by atomic mass is 10.0. The van der Waals surface area contributed by atoms with Crippen molar-refractivity contribution in [1.82, 2.24) is 5.32 Å². The molecular formula is C14H21NO. The molecule has 1 heterocycles. The first-order valence-electron chi connectivity index (χ1n) is 6.08. The highest BCUT2D eigenvalue weighted by molar-refractivity contribution is 5.30. The van der Waals surface area contributed by atoms with Gasteiger partial charge in [0, 0.05) is 19.2 Å². The number of aryl methyl sites for hydroxylation is 2. The molecule has 16 heavy (non-hydrogen) atoms. The standard InChI is InChI=1S/C14H21NO/c1-10-4-5-11(2)13(8-10)9-15-14-6-7-16-12(14)3/h4-5,8,12,14-15H,6-7,9H2,1-3H3. The second-order valence-corrected chi connectivity index (χ2v) is 4.78. The normalized spacial score (nSPS) is 24.9. The first-order valence-corrected chi connectivity index (χ1v) is 6.08. The second kappa shape index (κ2) is 4.98. The average Bonchev–Trinajstić information content (AvgIpc) is 2.66. The molecule has 0 spiro atoms. The average molecular weight is 219 g/mol. The van der Waals surface area contributed by atoms with Crippen LogP contribution in [0, 0.1) is 13.8 Å². The van der Waals surface area contributed by atoms with Gasteiger partial charge in [0.25, 0.3) is 0 Å². The van der Waals surface area contributed by atoms with Crippen molar-refractivity contribution in [3.63, 3.8) is 0 Å². The number of hydrogen-bond donors (Lipinski definition) is 1. The van der Waals surface area contributed by atoms with Crippen molar-refractivity contribution in [1.29, 1.82) is 0 Å². The molecule has 88 valence electrons. The zero-order chi connectivity index (χ0) is 11.5. The molecule has 0 bridgehead atoms. The van der Waals surface area contributed by atoms with Gasteiger partial charge in [-0.15, -0.1) is 0 Å². The summed E-state index contributed by atoms with van der Waals surface area (Å²) in [5.74, 6) is 0. The summed E-state index contributed by atoms with van der Waals surface area (Å²) < 4.78 is 5.55. The van der Waals surface area contributed by atoms with Gasteiger partial charge in [0.15, 0.2) is 0 Å². The van der Waals surface area contributed by atoms with Gasteiger partial charge in [-0.3, -0.25) is 0 Å². The second-order valence-electron chi connectivity index (χ2n) is 4.78. The molecule has 0 radical (unpaired) electrons. The van der Waals surface area contributed by atoms with Crippen LogP contribution in [0.2, 0.25) is 0 Å². The Labute approximate surface area is 98.0 Å². The Morgan fingerprint density at radius 3 is 2.88 bits per heavy atom. The predicted octanol–water partition coefficient (Wildman–Crippen LogP) is 2.57. The third-order valence-corrected chi connectivity index (χ3v) is 3.44. The van der Waals surface area contributed by atoms with E-state index in [0.29, 0.717) is 12.1 Å². The topological polar surface area (TPSA) is 21.3 Å². The first-order chi connectivity index (χ1) is 7.66. The molecule has 1 saturated heterocycles. The van der Waals surface area contributed by atoms with Gasteiger partial charge in [-0.2, -0.15) is 0 Å². The van der Waals surface area contributed by atoms with Crippen molar-refractivity contribution in [2.24, 2.45) is 0 Å². The number of nitrogens with one attached hydrogen (secondary N) is 1. The minimum atomic E-state index is 0.352. The largest absolute Gasteiger partial charge is 0.377 e. The van der Waals surface area contributed by atoms with E-state index >= 15 is 0 Å². The number of hydrogen-bond acceptors (Lipinski definition) is 2. The molecule has 2 nitrogen and oxygen atoms in total. The van der Waals surface area contributed by atoms with Crippen LogP contribution in [0.1, 0.15) is 30.0 Å². The van der Waals surface area contributed by atoms with E-state index in [-0.39, 0.29) is 0 Å². The first kappa shape index (κ1) is 11.6. The molecule has 1 fully saturated rings. The zero-order valence-corrected chi connectivity index (χ0v) is 10.4. The molecule has 1 aliphatic heterocycles. The van der Waals surface area contributed by atoms with E-state index in [9.17, 15) is 0 Å². The van der Waals surface area contributed by atoms with Gasteiger partial charge in [-0.25, -0.2) is 0 Å². The van der Waals surface area contributed by atoms with Gasteiger partial charge in [-0.1, -0.05) is 23.8 Å². The minimum Gasteiger partial charge on any atom is -0.377 e. The quantitative estimate of drug-likeness (QED) is 0.843. The summed E-state index contributed by atoms with van der Waals surface area (Å²) in [5, 5.41) is 3.59. The molecule has 2 heteroatoms. The van der Waals surface area contributed by atoms with E-state index in [1.807, 2.05) is 0 Å². The van der Waals surface area contributed by atoms with Crippen LogP contribution in [0.5, 0.6) is 0 Å². The Balaban J connectivity index is 1.96. The van der Waals surface area contributed by atoms with Crippen LogP contribution in [-0.2, 0) is 11.3 Å². The summed E-state index contributed by atoms with van der Waals surface area (Å²) in [6, 6.07) is 7.14. The van der Waals surface area contributed by atoms with Crippen molar-refractivity contribution in [2.45, 2.75) is 45.9 Å². The van der Waals surface area contributed by atoms with Crippen LogP contribution in [0.15, 0.2) is 18.2 Å². The molecule has 1 aromatic carbocycles. The SMILES string of the molecule is Cc1ccc(C)c(CNC2CCOC2C)c1. The molecular weight excluding hydrogens is 198 g/mol. The Morgan fingerprint density at radius 1 is 1.38 bits per heavy atom. The Bertz CT molecular complexity index is 362. The fourth-order valence-corrected chi connectivity index (χ4v) is 2.23. The van der Waals surface area contributed by atoms with E-state index in [1.165, 1.54) is 16.7 Å². The zero-order valence-electron chi connectivity index (χ0n) is 10.4. The Morgan fingerprint density at radius 2 is 2.19 bits per heavy atom. The van der Waals surface area contributed by atoms with Crippen molar-refractivity contribution >= 4 is 0 Å². The molecule has 0 aromatic heterocycles. The maximum atomic E-state index is 5.55. The number of rotatable bonds is 3. The molecule has 0 saturated carbocycles. The van der Waals surface area contributed by atoms with E-state index in [4.69, 9.17) is 4.74 Å². The van der Waals surface area contributed by atoms with Gasteiger partial charge in [0.1, 0.15) is 0 Å². The molecule has 2 atom stereocenters. The third kappa shape index (κ3) is 2.63.